The van der Waals surface area contributed by atoms with E-state index >= 15 is 0 Å². The van der Waals surface area contributed by atoms with Crippen molar-refractivity contribution in [2.75, 3.05) is 6.54 Å². The average Bonchev–Trinajstić information content (AvgIpc) is 2.37. The molecule has 2 nitrogen and oxygen atoms in total. The highest BCUT2D eigenvalue weighted by molar-refractivity contribution is 5.91. The van der Waals surface area contributed by atoms with Crippen LogP contribution < -0.4 is 5.32 Å². The largest absolute Gasteiger partial charge is 0.353 e. The van der Waals surface area contributed by atoms with Crippen LogP contribution in [0.5, 0.6) is 0 Å². The molecule has 0 atom stereocenters. The highest BCUT2D eigenvalue weighted by Crippen LogP contribution is 2.15. The van der Waals surface area contributed by atoms with Crippen molar-refractivity contribution in [3.63, 3.8) is 0 Å². The van der Waals surface area contributed by atoms with Gasteiger partial charge >= 0.3 is 0 Å². The van der Waals surface area contributed by atoms with Crippen LogP contribution >= 0.6 is 0 Å². The molecule has 1 rings (SSSR count). The van der Waals surface area contributed by atoms with Crippen LogP contribution in [0, 0.1) is 0 Å². The lowest BCUT2D eigenvalue weighted by atomic mass is 10.0. The number of unbranched alkanes of at least 4 members (excludes halogenated alkanes) is 1. The zero-order valence-electron chi connectivity index (χ0n) is 11.6. The SMILES string of the molecule is CCCCNC(=O)C=Cc1ccc(C(C)C)cc1. The summed E-state index contributed by atoms with van der Waals surface area (Å²) in [7, 11) is 0. The van der Waals surface area contributed by atoms with Gasteiger partial charge in [0.05, 0.1) is 0 Å². The zero-order chi connectivity index (χ0) is 13.4. The lowest BCUT2D eigenvalue weighted by Gasteiger charge is -2.04. The molecule has 0 bridgehead atoms. The summed E-state index contributed by atoms with van der Waals surface area (Å²) >= 11 is 0. The molecule has 0 aromatic heterocycles. The lowest BCUT2D eigenvalue weighted by Crippen LogP contribution is -2.21. The summed E-state index contributed by atoms with van der Waals surface area (Å²) in [6, 6.07) is 8.31. The molecule has 0 aliphatic carbocycles. The van der Waals surface area contributed by atoms with Crippen molar-refractivity contribution in [3.05, 3.63) is 41.5 Å². The second-order valence-electron chi connectivity index (χ2n) is 4.80. The molecule has 0 spiro atoms. The van der Waals surface area contributed by atoms with Crippen molar-refractivity contribution < 1.29 is 4.79 Å². The minimum absolute atomic E-state index is 0.0172. The lowest BCUT2D eigenvalue weighted by molar-refractivity contribution is -0.116. The second-order valence-corrected chi connectivity index (χ2v) is 4.80. The zero-order valence-corrected chi connectivity index (χ0v) is 11.6. The fraction of sp³-hybridized carbons (Fsp3) is 0.438. The molecular formula is C16H23NO. The van der Waals surface area contributed by atoms with E-state index in [0.717, 1.165) is 24.9 Å². The number of carbonyl (C=O) groups is 1. The number of hydrogen-bond acceptors (Lipinski definition) is 1. The Balaban J connectivity index is 2.48. The van der Waals surface area contributed by atoms with Crippen LogP contribution in [0.15, 0.2) is 30.3 Å². The number of amides is 1. The van der Waals surface area contributed by atoms with Gasteiger partial charge in [-0.2, -0.15) is 0 Å². The Bertz CT molecular complexity index is 390. The van der Waals surface area contributed by atoms with Gasteiger partial charge in [0.2, 0.25) is 5.91 Å². The van der Waals surface area contributed by atoms with Gasteiger partial charge in [-0.1, -0.05) is 51.5 Å². The molecule has 98 valence electrons. The normalized spacial score (nSPS) is 11.1. The Kier molecular flexibility index (Phi) is 6.20. The summed E-state index contributed by atoms with van der Waals surface area (Å²) in [5.74, 6) is 0.525. The van der Waals surface area contributed by atoms with E-state index in [2.05, 4.69) is 38.2 Å². The molecule has 2 heteroatoms. The first-order valence-electron chi connectivity index (χ1n) is 6.69. The maximum atomic E-state index is 11.5. The van der Waals surface area contributed by atoms with E-state index in [0.29, 0.717) is 5.92 Å². The van der Waals surface area contributed by atoms with Crippen LogP contribution in [0.4, 0.5) is 0 Å². The highest BCUT2D eigenvalue weighted by Gasteiger charge is 1.98. The van der Waals surface area contributed by atoms with E-state index in [9.17, 15) is 4.79 Å². The number of nitrogens with one attached hydrogen (secondary N) is 1. The first-order valence-corrected chi connectivity index (χ1v) is 6.69. The highest BCUT2D eigenvalue weighted by atomic mass is 16.1. The van der Waals surface area contributed by atoms with Gasteiger partial charge in [-0.15, -0.1) is 0 Å². The smallest absolute Gasteiger partial charge is 0.243 e. The molecule has 0 heterocycles. The number of benzene rings is 1. The topological polar surface area (TPSA) is 29.1 Å². The molecule has 0 saturated heterocycles. The van der Waals surface area contributed by atoms with Gasteiger partial charge in [-0.25, -0.2) is 0 Å². The first kappa shape index (κ1) is 14.5. The molecule has 0 unspecified atom stereocenters. The van der Waals surface area contributed by atoms with E-state index < -0.39 is 0 Å². The van der Waals surface area contributed by atoms with E-state index in [1.54, 1.807) is 6.08 Å². The second kappa shape index (κ2) is 7.70. The predicted molar refractivity (Wildman–Crippen MR) is 77.5 cm³/mol. The van der Waals surface area contributed by atoms with Crippen molar-refractivity contribution in [1.29, 1.82) is 0 Å². The van der Waals surface area contributed by atoms with Crippen molar-refractivity contribution in [3.8, 4) is 0 Å². The Morgan fingerprint density at radius 2 is 1.94 bits per heavy atom. The van der Waals surface area contributed by atoms with Crippen LogP contribution in [0.1, 0.15) is 50.7 Å². The number of rotatable bonds is 6. The fourth-order valence-corrected chi connectivity index (χ4v) is 1.61. The third-order valence-electron chi connectivity index (χ3n) is 2.86. The van der Waals surface area contributed by atoms with Gasteiger partial charge in [0.15, 0.2) is 0 Å². The maximum absolute atomic E-state index is 11.5. The van der Waals surface area contributed by atoms with Gasteiger partial charge in [0.25, 0.3) is 0 Å². The Morgan fingerprint density at radius 3 is 2.50 bits per heavy atom. The summed E-state index contributed by atoms with van der Waals surface area (Å²) in [5.41, 5.74) is 2.38. The molecule has 0 aliphatic heterocycles. The van der Waals surface area contributed by atoms with E-state index in [4.69, 9.17) is 0 Å². The molecule has 1 amide bonds. The molecule has 1 aromatic rings. The first-order chi connectivity index (χ1) is 8.63. The number of hydrogen-bond donors (Lipinski definition) is 1. The Morgan fingerprint density at radius 1 is 1.28 bits per heavy atom. The Labute approximate surface area is 110 Å². The standard InChI is InChI=1S/C16H23NO/c1-4-5-12-17-16(18)11-8-14-6-9-15(10-7-14)13(2)3/h6-11,13H,4-5,12H2,1-3H3,(H,17,18). The summed E-state index contributed by atoms with van der Waals surface area (Å²) < 4.78 is 0. The van der Waals surface area contributed by atoms with Gasteiger partial charge < -0.3 is 5.32 Å². The molecule has 1 aromatic carbocycles. The third-order valence-corrected chi connectivity index (χ3v) is 2.86. The van der Waals surface area contributed by atoms with Gasteiger partial charge in [-0.3, -0.25) is 4.79 Å². The molecule has 18 heavy (non-hydrogen) atoms. The summed E-state index contributed by atoms with van der Waals surface area (Å²) in [4.78, 5) is 11.5. The van der Waals surface area contributed by atoms with Crippen LogP contribution in [0.25, 0.3) is 6.08 Å². The average molecular weight is 245 g/mol. The molecule has 0 aliphatic rings. The van der Waals surface area contributed by atoms with Crippen LogP contribution in [0.2, 0.25) is 0 Å². The van der Waals surface area contributed by atoms with E-state index in [1.807, 2.05) is 18.2 Å². The molecule has 0 radical (unpaired) electrons. The van der Waals surface area contributed by atoms with E-state index in [1.165, 1.54) is 5.56 Å². The van der Waals surface area contributed by atoms with Crippen molar-refractivity contribution >= 4 is 12.0 Å². The summed E-state index contributed by atoms with van der Waals surface area (Å²) in [6.45, 7) is 7.21. The minimum Gasteiger partial charge on any atom is -0.353 e. The molecule has 1 N–H and O–H groups in total. The maximum Gasteiger partial charge on any atom is 0.243 e. The summed E-state index contributed by atoms with van der Waals surface area (Å²) in [6.07, 6.45) is 5.58. The van der Waals surface area contributed by atoms with Crippen molar-refractivity contribution in [2.24, 2.45) is 0 Å². The van der Waals surface area contributed by atoms with Crippen molar-refractivity contribution in [1.82, 2.24) is 5.32 Å². The van der Waals surface area contributed by atoms with Gasteiger partial charge in [0.1, 0.15) is 0 Å². The van der Waals surface area contributed by atoms with Crippen LogP contribution in [0.3, 0.4) is 0 Å². The van der Waals surface area contributed by atoms with E-state index in [-0.39, 0.29) is 5.91 Å². The monoisotopic (exact) mass is 245 g/mol. The third kappa shape index (κ3) is 5.17. The van der Waals surface area contributed by atoms with Crippen LogP contribution in [-0.2, 0) is 4.79 Å². The predicted octanol–water partition coefficient (Wildman–Crippen LogP) is 3.74. The van der Waals surface area contributed by atoms with Gasteiger partial charge in [-0.05, 0) is 29.5 Å². The molecular weight excluding hydrogens is 222 g/mol. The number of carbonyl (C=O) groups excluding carboxylic acids is 1. The Hall–Kier alpha value is -1.57. The molecule has 0 fully saturated rings. The summed E-state index contributed by atoms with van der Waals surface area (Å²) in [5, 5.41) is 2.86. The molecule has 0 saturated carbocycles. The fourth-order valence-electron chi connectivity index (χ4n) is 1.61. The quantitative estimate of drug-likeness (QED) is 0.600. The minimum atomic E-state index is -0.0172. The van der Waals surface area contributed by atoms with Gasteiger partial charge in [0, 0.05) is 12.6 Å². The van der Waals surface area contributed by atoms with Crippen molar-refractivity contribution in [2.45, 2.75) is 39.5 Å². The van der Waals surface area contributed by atoms with Crippen LogP contribution in [-0.4, -0.2) is 12.5 Å².